The molecule has 1 aromatic heterocycles. The zero-order chi connectivity index (χ0) is 18.7. The van der Waals surface area contributed by atoms with Crippen LogP contribution in [0.15, 0.2) is 42.5 Å². The highest BCUT2D eigenvalue weighted by Gasteiger charge is 2.14. The van der Waals surface area contributed by atoms with Gasteiger partial charge in [0.25, 0.3) is 5.91 Å². The number of hydroxylamine groups is 1. The van der Waals surface area contributed by atoms with E-state index in [1.54, 1.807) is 36.9 Å². The van der Waals surface area contributed by atoms with E-state index in [1.165, 1.54) is 0 Å². The molecule has 2 aromatic carbocycles. The van der Waals surface area contributed by atoms with Crippen molar-refractivity contribution in [1.29, 1.82) is 0 Å². The highest BCUT2D eigenvalue weighted by atomic mass is 16.5. The molecule has 0 unspecified atom stereocenters. The number of ether oxygens (including phenoxy) is 1. The Morgan fingerprint density at radius 1 is 1.23 bits per heavy atom. The Morgan fingerprint density at radius 2 is 1.96 bits per heavy atom. The Morgan fingerprint density at radius 3 is 2.58 bits per heavy atom. The van der Waals surface area contributed by atoms with Crippen LogP contribution in [-0.4, -0.2) is 27.8 Å². The lowest BCUT2D eigenvalue weighted by molar-refractivity contribution is 0.0706. The molecule has 1 amide bonds. The number of carbonyl (C=O) groups is 1. The maximum Gasteiger partial charge on any atom is 0.274 e. The quantitative estimate of drug-likeness (QED) is 0.465. The minimum Gasteiger partial charge on any atom is -0.380 e. The Labute approximate surface area is 151 Å². The summed E-state index contributed by atoms with van der Waals surface area (Å²) in [5.74, 6) is 0.181. The van der Waals surface area contributed by atoms with Gasteiger partial charge in [0, 0.05) is 24.4 Å². The monoisotopic (exact) mass is 354 g/mol. The number of rotatable bonds is 6. The lowest BCUT2D eigenvalue weighted by Gasteiger charge is -2.14. The zero-order valence-corrected chi connectivity index (χ0v) is 15.0. The maximum atomic E-state index is 11.4. The van der Waals surface area contributed by atoms with Crippen molar-refractivity contribution in [3.05, 3.63) is 53.6 Å². The van der Waals surface area contributed by atoms with Crippen molar-refractivity contribution in [1.82, 2.24) is 15.0 Å². The van der Waals surface area contributed by atoms with Crippen LogP contribution in [0.4, 0.5) is 11.6 Å². The number of aromatic nitrogens is 2. The minimum atomic E-state index is -0.545. The SMILES string of the molecule is COCc1ccc2c(c1)nc(Nc1ccc(C(=O)NO)cc1)n2C(C)C. The molecule has 0 aliphatic rings. The van der Waals surface area contributed by atoms with Gasteiger partial charge in [0.2, 0.25) is 5.95 Å². The van der Waals surface area contributed by atoms with Crippen LogP contribution in [0.3, 0.4) is 0 Å². The number of hydrogen-bond donors (Lipinski definition) is 3. The van der Waals surface area contributed by atoms with Crippen molar-refractivity contribution >= 4 is 28.6 Å². The molecule has 3 N–H and O–H groups in total. The second kappa shape index (κ2) is 7.55. The molecule has 0 bridgehead atoms. The lowest BCUT2D eigenvalue weighted by atomic mass is 10.2. The van der Waals surface area contributed by atoms with Gasteiger partial charge in [0.05, 0.1) is 17.6 Å². The van der Waals surface area contributed by atoms with Crippen molar-refractivity contribution in [3.63, 3.8) is 0 Å². The summed E-state index contributed by atoms with van der Waals surface area (Å²) in [6, 6.07) is 13.1. The molecule has 0 fully saturated rings. The molecule has 136 valence electrons. The van der Waals surface area contributed by atoms with Gasteiger partial charge in [-0.25, -0.2) is 10.5 Å². The number of nitrogens with zero attached hydrogens (tertiary/aromatic N) is 2. The standard InChI is InChI=1S/C19H22N4O3/c1-12(2)23-17-9-4-13(11-26-3)10-16(17)21-19(23)20-15-7-5-14(6-8-15)18(24)22-25/h4-10,12,25H,11H2,1-3H3,(H,20,21)(H,22,24). The second-order valence-electron chi connectivity index (χ2n) is 6.30. The van der Waals surface area contributed by atoms with E-state index in [0.717, 1.165) is 28.2 Å². The van der Waals surface area contributed by atoms with Crippen LogP contribution in [-0.2, 0) is 11.3 Å². The first kappa shape index (κ1) is 17.9. The van der Waals surface area contributed by atoms with Crippen LogP contribution in [0.2, 0.25) is 0 Å². The van der Waals surface area contributed by atoms with Gasteiger partial charge in [-0.05, 0) is 55.8 Å². The molecular formula is C19H22N4O3. The van der Waals surface area contributed by atoms with Gasteiger partial charge in [-0.2, -0.15) is 0 Å². The third-order valence-electron chi connectivity index (χ3n) is 4.09. The molecule has 0 atom stereocenters. The third kappa shape index (κ3) is 3.54. The van der Waals surface area contributed by atoms with E-state index < -0.39 is 5.91 Å². The molecule has 3 rings (SSSR count). The number of amides is 1. The summed E-state index contributed by atoms with van der Waals surface area (Å²) in [6.07, 6.45) is 0. The minimum absolute atomic E-state index is 0.218. The molecule has 0 spiro atoms. The average Bonchev–Trinajstić information content (AvgIpc) is 2.99. The van der Waals surface area contributed by atoms with Crippen molar-refractivity contribution < 1.29 is 14.7 Å². The van der Waals surface area contributed by atoms with Crippen molar-refractivity contribution in [2.45, 2.75) is 26.5 Å². The molecule has 0 radical (unpaired) electrons. The van der Waals surface area contributed by atoms with E-state index in [2.05, 4.69) is 29.8 Å². The molecule has 0 aliphatic heterocycles. The van der Waals surface area contributed by atoms with Gasteiger partial charge < -0.3 is 14.6 Å². The largest absolute Gasteiger partial charge is 0.380 e. The van der Waals surface area contributed by atoms with Gasteiger partial charge in [-0.15, -0.1) is 0 Å². The smallest absolute Gasteiger partial charge is 0.274 e. The summed E-state index contributed by atoms with van der Waals surface area (Å²) in [7, 11) is 1.67. The van der Waals surface area contributed by atoms with E-state index in [-0.39, 0.29) is 6.04 Å². The third-order valence-corrected chi connectivity index (χ3v) is 4.09. The molecule has 1 heterocycles. The molecule has 0 saturated carbocycles. The molecule has 0 saturated heterocycles. The van der Waals surface area contributed by atoms with Crippen LogP contribution < -0.4 is 10.8 Å². The lowest BCUT2D eigenvalue weighted by Crippen LogP contribution is -2.18. The van der Waals surface area contributed by atoms with Gasteiger partial charge >= 0.3 is 0 Å². The van der Waals surface area contributed by atoms with Crippen molar-refractivity contribution in [3.8, 4) is 0 Å². The molecule has 0 aliphatic carbocycles. The molecule has 3 aromatic rings. The molecule has 26 heavy (non-hydrogen) atoms. The summed E-state index contributed by atoms with van der Waals surface area (Å²) in [5.41, 5.74) is 5.80. The first-order valence-electron chi connectivity index (χ1n) is 8.34. The Bertz CT molecular complexity index is 916. The van der Waals surface area contributed by atoms with E-state index in [1.807, 2.05) is 12.1 Å². The Balaban J connectivity index is 1.95. The van der Waals surface area contributed by atoms with E-state index in [4.69, 9.17) is 14.9 Å². The van der Waals surface area contributed by atoms with Crippen LogP contribution in [0.5, 0.6) is 0 Å². The van der Waals surface area contributed by atoms with Crippen LogP contribution in [0.25, 0.3) is 11.0 Å². The fourth-order valence-corrected chi connectivity index (χ4v) is 2.91. The maximum absolute atomic E-state index is 11.4. The van der Waals surface area contributed by atoms with Gasteiger partial charge in [-0.1, -0.05) is 6.07 Å². The topological polar surface area (TPSA) is 88.4 Å². The number of hydrogen-bond acceptors (Lipinski definition) is 5. The van der Waals surface area contributed by atoms with E-state index in [0.29, 0.717) is 12.2 Å². The van der Waals surface area contributed by atoms with Gasteiger partial charge in [0.1, 0.15) is 0 Å². The Hall–Kier alpha value is -2.90. The number of benzene rings is 2. The summed E-state index contributed by atoms with van der Waals surface area (Å²) >= 11 is 0. The van der Waals surface area contributed by atoms with Gasteiger partial charge in [0.15, 0.2) is 0 Å². The normalized spacial score (nSPS) is 11.1. The number of fused-ring (bicyclic) bond motifs is 1. The number of nitrogens with one attached hydrogen (secondary N) is 2. The summed E-state index contributed by atoms with van der Waals surface area (Å²) in [4.78, 5) is 16.1. The summed E-state index contributed by atoms with van der Waals surface area (Å²) in [5, 5.41) is 12.0. The first-order chi connectivity index (χ1) is 12.5. The number of imidazole rings is 1. The average molecular weight is 354 g/mol. The predicted octanol–water partition coefficient (Wildman–Crippen LogP) is 3.63. The first-order valence-corrected chi connectivity index (χ1v) is 8.34. The summed E-state index contributed by atoms with van der Waals surface area (Å²) in [6.45, 7) is 4.75. The van der Waals surface area contributed by atoms with Crippen LogP contribution in [0.1, 0.15) is 35.8 Å². The highest BCUT2D eigenvalue weighted by molar-refractivity contribution is 5.93. The van der Waals surface area contributed by atoms with Crippen LogP contribution >= 0.6 is 0 Å². The predicted molar refractivity (Wildman–Crippen MR) is 99.8 cm³/mol. The number of methoxy groups -OCH3 is 1. The molecule has 7 heteroatoms. The van der Waals surface area contributed by atoms with E-state index in [9.17, 15) is 4.79 Å². The Kier molecular flexibility index (Phi) is 5.20. The van der Waals surface area contributed by atoms with Crippen LogP contribution in [0, 0.1) is 0 Å². The van der Waals surface area contributed by atoms with Crippen molar-refractivity contribution in [2.24, 2.45) is 0 Å². The number of anilines is 2. The fraction of sp³-hybridized carbons (Fsp3) is 0.263. The highest BCUT2D eigenvalue weighted by Crippen LogP contribution is 2.27. The van der Waals surface area contributed by atoms with E-state index >= 15 is 0 Å². The zero-order valence-electron chi connectivity index (χ0n) is 15.0. The van der Waals surface area contributed by atoms with Crippen molar-refractivity contribution in [2.75, 3.05) is 12.4 Å². The fourth-order valence-electron chi connectivity index (χ4n) is 2.91. The van der Waals surface area contributed by atoms with Gasteiger partial charge in [-0.3, -0.25) is 10.0 Å². The summed E-state index contributed by atoms with van der Waals surface area (Å²) < 4.78 is 7.32. The second-order valence-corrected chi connectivity index (χ2v) is 6.30. The molecule has 7 nitrogen and oxygen atoms in total. The number of carbonyl (C=O) groups excluding carboxylic acids is 1. The molecular weight excluding hydrogens is 332 g/mol.